The number of carbonyl (C=O) groups excluding carboxylic acids is 1. The molecule has 0 amide bonds. The van der Waals surface area contributed by atoms with E-state index in [0.717, 1.165) is 42.8 Å². The minimum atomic E-state index is -0.828. The Morgan fingerprint density at radius 1 is 1.37 bits per heavy atom. The molecule has 1 unspecified atom stereocenters. The Hall–Kier alpha value is -2.61. The highest BCUT2D eigenvalue weighted by Gasteiger charge is 2.40. The predicted molar refractivity (Wildman–Crippen MR) is 144 cm³/mol. The quantitative estimate of drug-likeness (QED) is 0.325. The third-order valence-corrected chi connectivity index (χ3v) is 7.34. The van der Waals surface area contributed by atoms with E-state index >= 15 is 0 Å². The molecule has 0 radical (unpaired) electrons. The van der Waals surface area contributed by atoms with Gasteiger partial charge in [0.2, 0.25) is 0 Å². The first-order valence-corrected chi connectivity index (χ1v) is 12.6. The number of hydrogen-bond acceptors (Lipinski definition) is 6. The Balaban J connectivity index is 1.58. The maximum Gasteiger partial charge on any atom is 0.165 e. The molecule has 2 atom stereocenters. The van der Waals surface area contributed by atoms with Gasteiger partial charge in [-0.15, -0.1) is 0 Å². The molecule has 7 nitrogen and oxygen atoms in total. The monoisotopic (exact) mass is 497 g/mol. The highest BCUT2D eigenvalue weighted by atomic mass is 35.5. The molecule has 2 aliphatic heterocycles. The summed E-state index contributed by atoms with van der Waals surface area (Å²) < 4.78 is 0. The standard InChI is InChI=1S/C27H36ClN5O2/c1-16(10-18(3)28)23(35)13-30-19(4)24(20(5)34)26-31-22-12-21(11-17(2)25(22)32-26)33-9-7-27(15-33)6-8-29-14-27/h10-12,23,29-30,35H,1,6-9,13-15H2,2-5H3,(H,31,32)/b18-10+,24-19-/t23-,27?/m1/s1. The highest BCUT2D eigenvalue weighted by molar-refractivity contribution is 6.29. The number of aromatic amines is 1. The van der Waals surface area contributed by atoms with Crippen molar-refractivity contribution in [1.29, 1.82) is 0 Å². The van der Waals surface area contributed by atoms with Crippen molar-refractivity contribution in [3.8, 4) is 0 Å². The summed E-state index contributed by atoms with van der Waals surface area (Å²) >= 11 is 5.88. The van der Waals surface area contributed by atoms with Crippen molar-refractivity contribution in [3.05, 3.63) is 52.5 Å². The summed E-state index contributed by atoms with van der Waals surface area (Å²) in [5, 5.41) is 17.6. The summed E-state index contributed by atoms with van der Waals surface area (Å²) in [4.78, 5) is 23.3. The van der Waals surface area contributed by atoms with Crippen LogP contribution in [0.5, 0.6) is 0 Å². The maximum atomic E-state index is 12.6. The molecule has 2 aliphatic rings. The number of fused-ring (bicyclic) bond motifs is 1. The Morgan fingerprint density at radius 3 is 2.80 bits per heavy atom. The van der Waals surface area contributed by atoms with E-state index in [2.05, 4.69) is 46.2 Å². The summed E-state index contributed by atoms with van der Waals surface area (Å²) in [5.41, 5.74) is 6.07. The fraction of sp³-hybridized carbons (Fsp3) is 0.481. The van der Waals surface area contributed by atoms with E-state index in [1.165, 1.54) is 25.5 Å². The lowest BCUT2D eigenvalue weighted by atomic mass is 9.86. The molecule has 4 N–H and O–H groups in total. The van der Waals surface area contributed by atoms with Crippen LogP contribution in [0.4, 0.5) is 5.69 Å². The minimum absolute atomic E-state index is 0.105. The van der Waals surface area contributed by atoms with Crippen molar-refractivity contribution in [2.24, 2.45) is 5.41 Å². The number of aryl methyl sites for hydroxylation is 1. The summed E-state index contributed by atoms with van der Waals surface area (Å²) in [7, 11) is 0. The normalized spacial score (nSPS) is 22.1. The number of nitrogens with zero attached hydrogens (tertiary/aromatic N) is 2. The third kappa shape index (κ3) is 5.47. The van der Waals surface area contributed by atoms with Gasteiger partial charge in [0.25, 0.3) is 0 Å². The van der Waals surface area contributed by atoms with E-state index in [1.54, 1.807) is 13.0 Å². The zero-order valence-electron chi connectivity index (χ0n) is 21.1. The van der Waals surface area contributed by atoms with Gasteiger partial charge in [-0.1, -0.05) is 18.2 Å². The Labute approximate surface area is 212 Å². The van der Waals surface area contributed by atoms with Gasteiger partial charge in [0.1, 0.15) is 5.82 Å². The van der Waals surface area contributed by atoms with Crippen LogP contribution in [0.3, 0.4) is 0 Å². The zero-order valence-corrected chi connectivity index (χ0v) is 21.9. The fourth-order valence-electron chi connectivity index (χ4n) is 5.30. The molecular formula is C27H36ClN5O2. The zero-order chi connectivity index (χ0) is 25.3. The van der Waals surface area contributed by atoms with Crippen molar-refractivity contribution in [2.45, 2.75) is 46.6 Å². The van der Waals surface area contributed by atoms with Crippen LogP contribution in [0.15, 0.2) is 41.1 Å². The first-order chi connectivity index (χ1) is 16.6. The van der Waals surface area contributed by atoms with Crippen molar-refractivity contribution >= 4 is 39.7 Å². The van der Waals surface area contributed by atoms with E-state index in [9.17, 15) is 9.90 Å². The number of benzene rings is 1. The van der Waals surface area contributed by atoms with Gasteiger partial charge < -0.3 is 25.6 Å². The van der Waals surface area contributed by atoms with Crippen LogP contribution in [-0.2, 0) is 4.79 Å². The molecular weight excluding hydrogens is 462 g/mol. The number of nitrogens with one attached hydrogen (secondary N) is 3. The van der Waals surface area contributed by atoms with E-state index in [4.69, 9.17) is 16.6 Å². The van der Waals surface area contributed by atoms with Gasteiger partial charge in [-0.3, -0.25) is 4.79 Å². The highest BCUT2D eigenvalue weighted by Crippen LogP contribution is 2.39. The largest absolute Gasteiger partial charge is 0.387 e. The molecule has 1 aromatic heterocycles. The number of imidazole rings is 1. The Bertz CT molecular complexity index is 1200. The molecule has 2 aromatic rings. The molecule has 4 rings (SSSR count). The number of rotatable bonds is 8. The molecule has 0 aliphatic carbocycles. The van der Waals surface area contributed by atoms with Crippen LogP contribution in [-0.4, -0.2) is 59.7 Å². The smallest absolute Gasteiger partial charge is 0.165 e. The lowest BCUT2D eigenvalue weighted by Gasteiger charge is -2.24. The molecule has 0 bridgehead atoms. The second kappa shape index (κ2) is 10.2. The number of ketones is 1. The first kappa shape index (κ1) is 25.5. The van der Waals surface area contributed by atoms with Gasteiger partial charge in [-0.25, -0.2) is 4.98 Å². The number of H-pyrrole nitrogens is 1. The summed E-state index contributed by atoms with van der Waals surface area (Å²) in [6.45, 7) is 15.5. The molecule has 2 fully saturated rings. The fourth-order valence-corrected chi connectivity index (χ4v) is 5.44. The molecule has 1 spiro atoms. The molecule has 2 saturated heterocycles. The predicted octanol–water partition coefficient (Wildman–Crippen LogP) is 4.03. The number of Topliss-reactive ketones (excluding diaryl/α,β-unsaturated/α-hetero) is 1. The lowest BCUT2D eigenvalue weighted by Crippen LogP contribution is -2.29. The van der Waals surface area contributed by atoms with Crippen LogP contribution in [0.2, 0.25) is 0 Å². The lowest BCUT2D eigenvalue weighted by molar-refractivity contribution is -0.111. The van der Waals surface area contributed by atoms with Gasteiger partial charge in [0.05, 0.1) is 22.7 Å². The Kier molecular flexibility index (Phi) is 7.40. The van der Waals surface area contributed by atoms with Crippen molar-refractivity contribution in [2.75, 3.05) is 37.6 Å². The van der Waals surface area contributed by atoms with Crippen LogP contribution >= 0.6 is 11.6 Å². The van der Waals surface area contributed by atoms with Gasteiger partial charge >= 0.3 is 0 Å². The Morgan fingerprint density at radius 2 is 2.14 bits per heavy atom. The number of aromatic nitrogens is 2. The molecule has 3 heterocycles. The number of anilines is 1. The summed E-state index contributed by atoms with van der Waals surface area (Å²) in [5.74, 6) is 0.424. The molecule has 0 saturated carbocycles. The average Bonchev–Trinajstić information content (AvgIpc) is 3.52. The van der Waals surface area contributed by atoms with Gasteiger partial charge in [-0.05, 0) is 76.4 Å². The number of hydrogen-bond donors (Lipinski definition) is 4. The van der Waals surface area contributed by atoms with E-state index < -0.39 is 6.10 Å². The van der Waals surface area contributed by atoms with Gasteiger partial charge in [0.15, 0.2) is 5.78 Å². The van der Waals surface area contributed by atoms with Crippen LogP contribution in [0.1, 0.15) is 45.0 Å². The van der Waals surface area contributed by atoms with Crippen LogP contribution < -0.4 is 15.5 Å². The number of carbonyl (C=O) groups is 1. The second-order valence-electron chi connectivity index (χ2n) is 10.1. The van der Waals surface area contributed by atoms with E-state index in [-0.39, 0.29) is 12.3 Å². The van der Waals surface area contributed by atoms with Crippen LogP contribution in [0.25, 0.3) is 16.6 Å². The number of allylic oxidation sites excluding steroid dienone is 3. The molecule has 8 heteroatoms. The van der Waals surface area contributed by atoms with Gasteiger partial charge in [-0.2, -0.15) is 0 Å². The first-order valence-electron chi connectivity index (χ1n) is 12.2. The molecule has 35 heavy (non-hydrogen) atoms. The van der Waals surface area contributed by atoms with Crippen molar-refractivity contribution in [1.82, 2.24) is 20.6 Å². The number of aliphatic hydroxyl groups excluding tert-OH is 1. The number of aliphatic hydroxyl groups is 1. The van der Waals surface area contributed by atoms with E-state index in [1.807, 2.05) is 6.92 Å². The molecule has 1 aromatic carbocycles. The maximum absolute atomic E-state index is 12.6. The average molecular weight is 498 g/mol. The molecule has 188 valence electrons. The van der Waals surface area contributed by atoms with Crippen molar-refractivity contribution < 1.29 is 9.90 Å². The van der Waals surface area contributed by atoms with Crippen molar-refractivity contribution in [3.63, 3.8) is 0 Å². The van der Waals surface area contributed by atoms with Crippen LogP contribution in [0, 0.1) is 12.3 Å². The topological polar surface area (TPSA) is 93.3 Å². The summed E-state index contributed by atoms with van der Waals surface area (Å²) in [6.07, 6.45) is 3.25. The second-order valence-corrected chi connectivity index (χ2v) is 10.7. The number of halogens is 1. The summed E-state index contributed by atoms with van der Waals surface area (Å²) in [6, 6.07) is 4.35. The third-order valence-electron chi connectivity index (χ3n) is 7.23. The SMILES string of the molecule is C=C(/C=C(\C)Cl)[C@H](O)CN/C(C)=C(/C(C)=O)c1nc2c(C)cc(N3CCC4(CCNC4)C3)cc2[nH]1. The van der Waals surface area contributed by atoms with Gasteiger partial charge in [0, 0.05) is 48.0 Å². The minimum Gasteiger partial charge on any atom is -0.387 e. The van der Waals surface area contributed by atoms with E-state index in [0.29, 0.717) is 33.1 Å².